The Morgan fingerprint density at radius 3 is 2.75 bits per heavy atom. The molecule has 0 bridgehead atoms. The van der Waals surface area contributed by atoms with E-state index in [2.05, 4.69) is 11.6 Å². The Morgan fingerprint density at radius 1 is 1.35 bits per heavy atom. The molecule has 1 aliphatic rings. The molecule has 3 atom stereocenters. The fourth-order valence-electron chi connectivity index (χ4n) is 2.77. The van der Waals surface area contributed by atoms with E-state index in [1.165, 1.54) is 25.7 Å². The Bertz CT molecular complexity index is 396. The van der Waals surface area contributed by atoms with Crippen LogP contribution in [-0.4, -0.2) is 36.3 Å². The first-order valence-electron chi connectivity index (χ1n) is 7.31. The van der Waals surface area contributed by atoms with Crippen molar-refractivity contribution in [2.45, 2.75) is 43.1 Å². The van der Waals surface area contributed by atoms with E-state index in [9.17, 15) is 5.11 Å². The molecule has 4 heteroatoms. The van der Waals surface area contributed by atoms with E-state index in [-0.39, 0.29) is 0 Å². The van der Waals surface area contributed by atoms with Gasteiger partial charge in [0, 0.05) is 17.8 Å². The Hall–Kier alpha value is -0.710. The van der Waals surface area contributed by atoms with Gasteiger partial charge in [-0.1, -0.05) is 18.6 Å². The average molecular weight is 295 g/mol. The maximum Gasteiger partial charge on any atom is 0.118 e. The maximum absolute atomic E-state index is 10.2. The van der Waals surface area contributed by atoms with Crippen LogP contribution in [0.1, 0.15) is 37.4 Å². The lowest BCUT2D eigenvalue weighted by atomic mass is 9.94. The highest BCUT2D eigenvalue weighted by atomic mass is 32.2. The minimum Gasteiger partial charge on any atom is -0.497 e. The van der Waals surface area contributed by atoms with Gasteiger partial charge in [-0.05, 0) is 43.2 Å². The van der Waals surface area contributed by atoms with Gasteiger partial charge in [0.15, 0.2) is 0 Å². The average Bonchev–Trinajstić information content (AvgIpc) is 2.53. The fourth-order valence-corrected chi connectivity index (χ4v) is 3.59. The number of benzene rings is 1. The van der Waals surface area contributed by atoms with E-state index in [4.69, 9.17) is 4.74 Å². The number of thioether (sulfide) groups is 1. The maximum atomic E-state index is 10.2. The second kappa shape index (κ2) is 7.91. The molecule has 0 spiro atoms. The van der Waals surface area contributed by atoms with Crippen molar-refractivity contribution >= 4 is 11.8 Å². The van der Waals surface area contributed by atoms with Crippen molar-refractivity contribution in [2.24, 2.45) is 0 Å². The lowest BCUT2D eigenvalue weighted by molar-refractivity contribution is 0.166. The quantitative estimate of drug-likeness (QED) is 0.846. The smallest absolute Gasteiger partial charge is 0.118 e. The molecule has 112 valence electrons. The zero-order chi connectivity index (χ0) is 14.4. The van der Waals surface area contributed by atoms with Crippen molar-refractivity contribution in [3.63, 3.8) is 0 Å². The van der Waals surface area contributed by atoms with Crippen molar-refractivity contribution in [3.8, 4) is 5.75 Å². The third-order valence-electron chi connectivity index (χ3n) is 4.06. The molecule has 0 heterocycles. The second-order valence-electron chi connectivity index (χ2n) is 5.42. The van der Waals surface area contributed by atoms with Crippen LogP contribution >= 0.6 is 11.8 Å². The highest BCUT2D eigenvalue weighted by molar-refractivity contribution is 7.99. The van der Waals surface area contributed by atoms with Gasteiger partial charge in [0.05, 0.1) is 13.2 Å². The molecule has 0 aromatic heterocycles. The largest absolute Gasteiger partial charge is 0.497 e. The zero-order valence-electron chi connectivity index (χ0n) is 12.3. The zero-order valence-corrected chi connectivity index (χ0v) is 13.2. The fraction of sp³-hybridized carbons (Fsp3) is 0.625. The Balaban J connectivity index is 1.80. The first-order valence-corrected chi connectivity index (χ1v) is 8.60. The van der Waals surface area contributed by atoms with Crippen LogP contribution in [-0.2, 0) is 0 Å². The van der Waals surface area contributed by atoms with E-state index >= 15 is 0 Å². The molecule has 1 aliphatic carbocycles. The van der Waals surface area contributed by atoms with E-state index in [0.29, 0.717) is 12.6 Å². The summed E-state index contributed by atoms with van der Waals surface area (Å²) in [4.78, 5) is 0. The Labute approximate surface area is 126 Å². The van der Waals surface area contributed by atoms with Crippen LogP contribution in [0.2, 0.25) is 0 Å². The number of nitrogens with one attached hydrogen (secondary N) is 1. The minimum absolute atomic E-state index is 0.449. The highest BCUT2D eigenvalue weighted by Gasteiger charge is 2.21. The first-order chi connectivity index (χ1) is 9.72. The third kappa shape index (κ3) is 4.40. The summed E-state index contributed by atoms with van der Waals surface area (Å²) in [6.07, 6.45) is 6.82. The molecule has 0 amide bonds. The summed E-state index contributed by atoms with van der Waals surface area (Å²) in [6, 6.07) is 8.19. The molecule has 1 aromatic carbocycles. The monoisotopic (exact) mass is 295 g/mol. The van der Waals surface area contributed by atoms with Gasteiger partial charge >= 0.3 is 0 Å². The van der Waals surface area contributed by atoms with Gasteiger partial charge in [-0.2, -0.15) is 11.8 Å². The molecule has 2 N–H and O–H groups in total. The molecular formula is C16H25NO2S. The SMILES string of the molecule is COc1ccc(C(O)CNC2CCCC(SC)C2)cc1. The number of hydrogen-bond donors (Lipinski definition) is 2. The standard InChI is InChI=1S/C16H25NO2S/c1-19-14-8-6-12(7-9-14)16(18)11-17-13-4-3-5-15(10-13)20-2/h6-9,13,15-18H,3-5,10-11H2,1-2H3. The number of hydrogen-bond acceptors (Lipinski definition) is 4. The topological polar surface area (TPSA) is 41.5 Å². The van der Waals surface area contributed by atoms with Gasteiger partial charge < -0.3 is 15.2 Å². The lowest BCUT2D eigenvalue weighted by Gasteiger charge is -2.29. The summed E-state index contributed by atoms with van der Waals surface area (Å²) in [6.45, 7) is 0.623. The normalized spacial score (nSPS) is 24.4. The van der Waals surface area contributed by atoms with Gasteiger partial charge in [-0.3, -0.25) is 0 Å². The van der Waals surface area contributed by atoms with E-state index < -0.39 is 6.10 Å². The molecule has 0 aliphatic heterocycles. The number of ether oxygens (including phenoxy) is 1. The van der Waals surface area contributed by atoms with Crippen LogP contribution in [0.25, 0.3) is 0 Å². The van der Waals surface area contributed by atoms with Gasteiger partial charge in [0.25, 0.3) is 0 Å². The van der Waals surface area contributed by atoms with Crippen molar-refractivity contribution in [1.82, 2.24) is 5.32 Å². The third-order valence-corrected chi connectivity index (χ3v) is 5.15. The van der Waals surface area contributed by atoms with Gasteiger partial charge in [-0.15, -0.1) is 0 Å². The van der Waals surface area contributed by atoms with E-state index in [1.54, 1.807) is 7.11 Å². The summed E-state index contributed by atoms with van der Waals surface area (Å²) in [5.74, 6) is 0.823. The minimum atomic E-state index is -0.449. The molecule has 3 nitrogen and oxygen atoms in total. The van der Waals surface area contributed by atoms with Crippen LogP contribution in [0.3, 0.4) is 0 Å². The summed E-state index contributed by atoms with van der Waals surface area (Å²) < 4.78 is 5.13. The lowest BCUT2D eigenvalue weighted by Crippen LogP contribution is -2.37. The van der Waals surface area contributed by atoms with Crippen LogP contribution in [0.15, 0.2) is 24.3 Å². The molecule has 20 heavy (non-hydrogen) atoms. The van der Waals surface area contributed by atoms with Crippen LogP contribution in [0, 0.1) is 0 Å². The number of methoxy groups -OCH3 is 1. The molecular weight excluding hydrogens is 270 g/mol. The molecule has 0 saturated heterocycles. The predicted molar refractivity (Wildman–Crippen MR) is 85.5 cm³/mol. The predicted octanol–water partition coefficient (Wildman–Crippen LogP) is 2.99. The first kappa shape index (κ1) is 15.7. The molecule has 3 unspecified atom stereocenters. The van der Waals surface area contributed by atoms with Crippen molar-refractivity contribution < 1.29 is 9.84 Å². The van der Waals surface area contributed by atoms with Gasteiger partial charge in [0.2, 0.25) is 0 Å². The summed E-state index contributed by atoms with van der Waals surface area (Å²) in [5, 5.41) is 14.5. The van der Waals surface area contributed by atoms with Gasteiger partial charge in [-0.25, -0.2) is 0 Å². The van der Waals surface area contributed by atoms with Crippen LogP contribution < -0.4 is 10.1 Å². The molecule has 0 radical (unpaired) electrons. The Kier molecular flexibility index (Phi) is 6.20. The number of aliphatic hydroxyl groups is 1. The number of aliphatic hydroxyl groups excluding tert-OH is 1. The van der Waals surface area contributed by atoms with E-state index in [0.717, 1.165) is 16.6 Å². The van der Waals surface area contributed by atoms with Crippen LogP contribution in [0.5, 0.6) is 5.75 Å². The number of rotatable bonds is 6. The highest BCUT2D eigenvalue weighted by Crippen LogP contribution is 2.27. The summed E-state index contributed by atoms with van der Waals surface area (Å²) in [7, 11) is 1.65. The summed E-state index contributed by atoms with van der Waals surface area (Å²) >= 11 is 1.97. The van der Waals surface area contributed by atoms with Crippen molar-refractivity contribution in [1.29, 1.82) is 0 Å². The van der Waals surface area contributed by atoms with Gasteiger partial charge in [0.1, 0.15) is 5.75 Å². The van der Waals surface area contributed by atoms with E-state index in [1.807, 2.05) is 36.0 Å². The molecule has 1 fully saturated rings. The Morgan fingerprint density at radius 2 is 2.10 bits per heavy atom. The van der Waals surface area contributed by atoms with Crippen molar-refractivity contribution in [2.75, 3.05) is 19.9 Å². The summed E-state index contributed by atoms with van der Waals surface area (Å²) in [5.41, 5.74) is 0.940. The molecule has 1 saturated carbocycles. The molecule has 2 rings (SSSR count). The van der Waals surface area contributed by atoms with Crippen LogP contribution in [0.4, 0.5) is 0 Å². The van der Waals surface area contributed by atoms with Crippen molar-refractivity contribution in [3.05, 3.63) is 29.8 Å². The second-order valence-corrected chi connectivity index (χ2v) is 6.56. The molecule has 1 aromatic rings.